The highest BCUT2D eigenvalue weighted by Crippen LogP contribution is 2.13. The lowest BCUT2D eigenvalue weighted by molar-refractivity contribution is 0.403. The van der Waals surface area contributed by atoms with Gasteiger partial charge in [0.05, 0.1) is 0 Å². The Kier molecular flexibility index (Phi) is 10.4. The minimum atomic E-state index is 0.772. The Balaban J connectivity index is 3.53. The van der Waals surface area contributed by atoms with E-state index in [0.29, 0.717) is 0 Å². The smallest absolute Gasteiger partial charge is 0.00670 e. The van der Waals surface area contributed by atoms with Crippen LogP contribution in [0.2, 0.25) is 0 Å². The van der Waals surface area contributed by atoms with Crippen molar-refractivity contribution in [2.75, 3.05) is 6.54 Å². The maximum absolute atomic E-state index is 3.61. The molecular weight excluding hydrogens is 182 g/mol. The predicted octanol–water partition coefficient (Wildman–Crippen LogP) is 4.37. The minimum absolute atomic E-state index is 0.772. The van der Waals surface area contributed by atoms with E-state index >= 15 is 0 Å². The Bertz CT molecular complexity index is 121. The fourth-order valence-electron chi connectivity index (χ4n) is 1.99. The summed E-state index contributed by atoms with van der Waals surface area (Å²) >= 11 is 0. The molecule has 1 heteroatoms. The van der Waals surface area contributed by atoms with Gasteiger partial charge in [0.2, 0.25) is 0 Å². The Morgan fingerprint density at radius 3 is 2.13 bits per heavy atom. The van der Waals surface area contributed by atoms with E-state index in [1.165, 1.54) is 44.9 Å². The molecule has 0 aromatic heterocycles. The lowest BCUT2D eigenvalue weighted by Gasteiger charge is -2.18. The zero-order valence-corrected chi connectivity index (χ0v) is 11.3. The Labute approximate surface area is 97.0 Å². The summed E-state index contributed by atoms with van der Waals surface area (Å²) in [5.41, 5.74) is 0. The highest BCUT2D eigenvalue weighted by atomic mass is 14.9. The molecule has 0 heterocycles. The van der Waals surface area contributed by atoms with E-state index in [9.17, 15) is 0 Å². The summed E-state index contributed by atoms with van der Waals surface area (Å²) in [6.45, 7) is 10.3. The van der Waals surface area contributed by atoms with Crippen LogP contribution in [0.1, 0.15) is 72.6 Å². The van der Waals surface area contributed by atoms with Crippen LogP contribution in [0, 0.1) is 5.92 Å². The number of hydrogen-bond donors (Lipinski definition) is 1. The predicted molar refractivity (Wildman–Crippen MR) is 70.3 cm³/mol. The van der Waals surface area contributed by atoms with Crippen LogP contribution in [0.15, 0.2) is 0 Å². The number of rotatable bonds is 10. The fourth-order valence-corrected chi connectivity index (χ4v) is 1.99. The highest BCUT2D eigenvalue weighted by molar-refractivity contribution is 4.67. The SMILES string of the molecule is CCCCCCC(CCC(C)C)NCC. The van der Waals surface area contributed by atoms with E-state index in [1.807, 2.05) is 0 Å². The fraction of sp³-hybridized carbons (Fsp3) is 1.00. The molecule has 0 fully saturated rings. The van der Waals surface area contributed by atoms with Crippen LogP contribution in [-0.4, -0.2) is 12.6 Å². The molecule has 1 nitrogen and oxygen atoms in total. The van der Waals surface area contributed by atoms with Crippen LogP contribution < -0.4 is 5.32 Å². The van der Waals surface area contributed by atoms with Crippen LogP contribution in [0.3, 0.4) is 0 Å². The minimum Gasteiger partial charge on any atom is -0.314 e. The zero-order chi connectivity index (χ0) is 11.5. The normalized spacial score (nSPS) is 13.4. The third kappa shape index (κ3) is 10.2. The summed E-state index contributed by atoms with van der Waals surface area (Å²) in [5.74, 6) is 0.849. The van der Waals surface area contributed by atoms with Gasteiger partial charge in [0.25, 0.3) is 0 Å². The number of unbranched alkanes of at least 4 members (excludes halogenated alkanes) is 3. The average Bonchev–Trinajstić information content (AvgIpc) is 2.20. The second-order valence-corrected chi connectivity index (χ2v) is 5.08. The largest absolute Gasteiger partial charge is 0.314 e. The molecule has 0 aromatic carbocycles. The van der Waals surface area contributed by atoms with Gasteiger partial charge < -0.3 is 5.32 Å². The first-order valence-corrected chi connectivity index (χ1v) is 6.94. The number of nitrogens with one attached hydrogen (secondary N) is 1. The summed E-state index contributed by atoms with van der Waals surface area (Å²) in [6.07, 6.45) is 9.67. The molecule has 0 aliphatic rings. The van der Waals surface area contributed by atoms with Crippen molar-refractivity contribution < 1.29 is 0 Å². The quantitative estimate of drug-likeness (QED) is 0.531. The molecular formula is C14H31N. The molecule has 0 aliphatic carbocycles. The van der Waals surface area contributed by atoms with Crippen LogP contribution in [0.25, 0.3) is 0 Å². The molecule has 1 atom stereocenters. The van der Waals surface area contributed by atoms with E-state index in [-0.39, 0.29) is 0 Å². The summed E-state index contributed by atoms with van der Waals surface area (Å²) in [5, 5.41) is 3.61. The summed E-state index contributed by atoms with van der Waals surface area (Å²) in [4.78, 5) is 0. The molecule has 0 aliphatic heterocycles. The van der Waals surface area contributed by atoms with Gasteiger partial charge in [-0.3, -0.25) is 0 Å². The maximum atomic E-state index is 3.61. The first kappa shape index (κ1) is 15.0. The van der Waals surface area contributed by atoms with Gasteiger partial charge in [-0.2, -0.15) is 0 Å². The lowest BCUT2D eigenvalue weighted by Crippen LogP contribution is -2.29. The second kappa shape index (κ2) is 10.5. The monoisotopic (exact) mass is 213 g/mol. The Hall–Kier alpha value is -0.0400. The van der Waals surface area contributed by atoms with Gasteiger partial charge in [0, 0.05) is 6.04 Å². The Morgan fingerprint density at radius 1 is 0.867 bits per heavy atom. The first-order chi connectivity index (χ1) is 7.20. The molecule has 92 valence electrons. The van der Waals surface area contributed by atoms with Crippen molar-refractivity contribution in [2.45, 2.75) is 78.7 Å². The van der Waals surface area contributed by atoms with Crippen molar-refractivity contribution in [3.05, 3.63) is 0 Å². The van der Waals surface area contributed by atoms with Crippen molar-refractivity contribution in [3.8, 4) is 0 Å². The summed E-state index contributed by atoms with van der Waals surface area (Å²) in [7, 11) is 0. The Morgan fingerprint density at radius 2 is 1.60 bits per heavy atom. The van der Waals surface area contributed by atoms with Crippen molar-refractivity contribution in [2.24, 2.45) is 5.92 Å². The van der Waals surface area contributed by atoms with Crippen LogP contribution in [0.4, 0.5) is 0 Å². The highest BCUT2D eigenvalue weighted by Gasteiger charge is 2.07. The van der Waals surface area contributed by atoms with Crippen molar-refractivity contribution in [1.82, 2.24) is 5.32 Å². The van der Waals surface area contributed by atoms with Gasteiger partial charge >= 0.3 is 0 Å². The lowest BCUT2D eigenvalue weighted by atomic mass is 9.99. The van der Waals surface area contributed by atoms with Gasteiger partial charge in [0.15, 0.2) is 0 Å². The zero-order valence-electron chi connectivity index (χ0n) is 11.3. The summed E-state index contributed by atoms with van der Waals surface area (Å²) in [6, 6.07) is 0.772. The molecule has 0 radical (unpaired) electrons. The molecule has 0 aromatic rings. The van der Waals surface area contributed by atoms with Gasteiger partial charge in [-0.15, -0.1) is 0 Å². The summed E-state index contributed by atoms with van der Waals surface area (Å²) < 4.78 is 0. The molecule has 0 saturated carbocycles. The molecule has 0 rings (SSSR count). The van der Waals surface area contributed by atoms with E-state index in [0.717, 1.165) is 18.5 Å². The van der Waals surface area contributed by atoms with Gasteiger partial charge in [-0.05, 0) is 31.7 Å². The molecule has 1 unspecified atom stereocenters. The molecule has 0 saturated heterocycles. The van der Waals surface area contributed by atoms with Gasteiger partial charge in [-0.25, -0.2) is 0 Å². The van der Waals surface area contributed by atoms with E-state index in [2.05, 4.69) is 33.0 Å². The molecule has 0 amide bonds. The topological polar surface area (TPSA) is 12.0 Å². The van der Waals surface area contributed by atoms with Crippen LogP contribution in [-0.2, 0) is 0 Å². The van der Waals surface area contributed by atoms with Crippen molar-refractivity contribution >= 4 is 0 Å². The van der Waals surface area contributed by atoms with E-state index in [4.69, 9.17) is 0 Å². The standard InChI is InChI=1S/C14H31N/c1-5-7-8-9-10-14(15-6-2)12-11-13(3)4/h13-15H,5-12H2,1-4H3. The third-order valence-electron chi connectivity index (χ3n) is 2.99. The molecule has 0 spiro atoms. The first-order valence-electron chi connectivity index (χ1n) is 6.94. The second-order valence-electron chi connectivity index (χ2n) is 5.08. The molecule has 0 bridgehead atoms. The maximum Gasteiger partial charge on any atom is 0.00670 e. The molecule has 1 N–H and O–H groups in total. The van der Waals surface area contributed by atoms with E-state index < -0.39 is 0 Å². The number of hydrogen-bond acceptors (Lipinski definition) is 1. The van der Waals surface area contributed by atoms with Crippen LogP contribution in [0.5, 0.6) is 0 Å². The molecule has 15 heavy (non-hydrogen) atoms. The van der Waals surface area contributed by atoms with E-state index in [1.54, 1.807) is 0 Å². The van der Waals surface area contributed by atoms with Crippen LogP contribution >= 0.6 is 0 Å². The van der Waals surface area contributed by atoms with Gasteiger partial charge in [-0.1, -0.05) is 53.4 Å². The third-order valence-corrected chi connectivity index (χ3v) is 2.99. The average molecular weight is 213 g/mol. The van der Waals surface area contributed by atoms with Crippen molar-refractivity contribution in [1.29, 1.82) is 0 Å². The van der Waals surface area contributed by atoms with Crippen molar-refractivity contribution in [3.63, 3.8) is 0 Å². The van der Waals surface area contributed by atoms with Gasteiger partial charge in [0.1, 0.15) is 0 Å².